The van der Waals surface area contributed by atoms with Crippen LogP contribution in [0, 0.1) is 0 Å². The fraction of sp³-hybridized carbons (Fsp3) is 1.00. The number of halogens is 4. The molecule has 0 bridgehead atoms. The van der Waals surface area contributed by atoms with Gasteiger partial charge in [0.15, 0.2) is 11.1 Å². The number of rotatable bonds is 5. The van der Waals surface area contributed by atoms with Crippen LogP contribution in [0.2, 0.25) is 0 Å². The molecule has 0 aromatic carbocycles. The third kappa shape index (κ3) is 7.64. The lowest BCUT2D eigenvalue weighted by Crippen LogP contribution is -2.24. The molecule has 0 saturated carbocycles. The first-order valence-electron chi connectivity index (χ1n) is 2.55. The van der Waals surface area contributed by atoms with Gasteiger partial charge in [0.1, 0.15) is 0 Å². The molecular weight excluding hydrogens is 293 g/mol. The van der Waals surface area contributed by atoms with Crippen molar-refractivity contribution in [2.45, 2.75) is 11.1 Å². The molecule has 0 aromatic rings. The van der Waals surface area contributed by atoms with Crippen LogP contribution in [0.3, 0.4) is 0 Å². The zero-order valence-electron chi connectivity index (χ0n) is 5.93. The van der Waals surface area contributed by atoms with Crippen molar-refractivity contribution in [3.05, 3.63) is 0 Å². The summed E-state index contributed by atoms with van der Waals surface area (Å²) < 4.78 is 69.3. The Morgan fingerprint density at radius 2 is 1.07 bits per heavy atom. The van der Waals surface area contributed by atoms with E-state index in [4.69, 9.17) is 23.2 Å². The van der Waals surface area contributed by atoms with Crippen molar-refractivity contribution in [3.8, 4) is 0 Å². The van der Waals surface area contributed by atoms with Crippen molar-refractivity contribution < 1.29 is 33.0 Å². The summed E-state index contributed by atoms with van der Waals surface area (Å²) in [5, 5.41) is 0. The summed E-state index contributed by atoms with van der Waals surface area (Å²) in [5.41, 5.74) is -4.45. The van der Waals surface area contributed by atoms with Gasteiger partial charge in [0.2, 0.25) is 0 Å². The number of hydrogen-bond donors (Lipinski definition) is 0. The predicted molar refractivity (Wildman–Crippen MR) is 41.5 cm³/mol. The normalized spacial score (nSPS) is 17.7. The van der Waals surface area contributed by atoms with Crippen LogP contribution in [-0.2, 0) is 29.4 Å². The first-order valence-corrected chi connectivity index (χ1v) is 6.04. The second kappa shape index (κ2) is 4.86. The Hall–Kier alpha value is 0.260. The van der Waals surface area contributed by atoms with Gasteiger partial charge in [-0.05, 0) is 0 Å². The Balaban J connectivity index is 4.35. The Bertz CT molecular complexity index is 339. The summed E-state index contributed by atoms with van der Waals surface area (Å²) >= 11 is 9.79. The van der Waals surface area contributed by atoms with Gasteiger partial charge in [-0.2, -0.15) is 16.8 Å². The lowest BCUT2D eigenvalue weighted by Gasteiger charge is -2.11. The Labute approximate surface area is 88.5 Å². The smallest absolute Gasteiger partial charge is 0.221 e. The average molecular weight is 295 g/mol. The van der Waals surface area contributed by atoms with Crippen LogP contribution in [0.1, 0.15) is 0 Å². The SMILES string of the molecule is O=S(=O)(F)OC(Cl)C(Cl)OS(=O)(=O)F. The van der Waals surface area contributed by atoms with E-state index in [9.17, 15) is 24.6 Å². The second-order valence-electron chi connectivity index (χ2n) is 1.68. The van der Waals surface area contributed by atoms with Gasteiger partial charge in [0, 0.05) is 0 Å². The maximum absolute atomic E-state index is 11.7. The molecule has 0 aromatic heterocycles. The Morgan fingerprint density at radius 3 is 1.21 bits per heavy atom. The molecule has 0 spiro atoms. The molecule has 12 heteroatoms. The highest BCUT2D eigenvalue weighted by Crippen LogP contribution is 2.18. The van der Waals surface area contributed by atoms with Gasteiger partial charge >= 0.3 is 21.0 Å². The lowest BCUT2D eigenvalue weighted by molar-refractivity contribution is 0.154. The van der Waals surface area contributed by atoms with Crippen molar-refractivity contribution in [1.29, 1.82) is 0 Å². The fourth-order valence-corrected chi connectivity index (χ4v) is 1.69. The van der Waals surface area contributed by atoms with E-state index < -0.39 is 32.1 Å². The van der Waals surface area contributed by atoms with E-state index in [0.29, 0.717) is 0 Å². The molecule has 0 heterocycles. The van der Waals surface area contributed by atoms with E-state index in [-0.39, 0.29) is 0 Å². The fourth-order valence-electron chi connectivity index (χ4n) is 0.307. The van der Waals surface area contributed by atoms with Gasteiger partial charge in [0.25, 0.3) is 0 Å². The van der Waals surface area contributed by atoms with E-state index >= 15 is 0 Å². The number of alkyl halides is 2. The third-order valence-corrected chi connectivity index (χ3v) is 2.47. The Kier molecular flexibility index (Phi) is 4.95. The topological polar surface area (TPSA) is 86.7 Å². The maximum atomic E-state index is 11.7. The standard InChI is InChI=1S/C2H2Cl2F2O6S2/c3-1(11-13(5,7)8)2(4)12-14(6,9)10/h1-2H. The minimum absolute atomic E-state index is 2.22. The molecule has 0 aliphatic carbocycles. The molecule has 14 heavy (non-hydrogen) atoms. The molecule has 0 saturated heterocycles. The van der Waals surface area contributed by atoms with Gasteiger partial charge in [-0.15, -0.1) is 0 Å². The summed E-state index contributed by atoms with van der Waals surface area (Å²) in [6, 6.07) is 0. The first-order chi connectivity index (χ1) is 6.01. The van der Waals surface area contributed by atoms with Gasteiger partial charge in [-0.1, -0.05) is 31.0 Å². The monoisotopic (exact) mass is 294 g/mol. The van der Waals surface area contributed by atoms with Crippen LogP contribution in [-0.4, -0.2) is 28.0 Å². The van der Waals surface area contributed by atoms with E-state index in [1.807, 2.05) is 0 Å². The minimum atomic E-state index is -5.44. The predicted octanol–water partition coefficient (Wildman–Crippen LogP) is 0.578. The number of hydrogen-bond acceptors (Lipinski definition) is 6. The highest BCUT2D eigenvalue weighted by molar-refractivity contribution is 7.81. The highest BCUT2D eigenvalue weighted by Gasteiger charge is 2.29. The van der Waals surface area contributed by atoms with E-state index in [2.05, 4.69) is 8.37 Å². The van der Waals surface area contributed by atoms with Crippen molar-refractivity contribution in [1.82, 2.24) is 0 Å². The molecule has 0 fully saturated rings. The van der Waals surface area contributed by atoms with E-state index in [0.717, 1.165) is 0 Å². The van der Waals surface area contributed by atoms with Crippen molar-refractivity contribution >= 4 is 44.2 Å². The minimum Gasteiger partial charge on any atom is -0.221 e. The molecule has 0 aliphatic rings. The van der Waals surface area contributed by atoms with Crippen LogP contribution in [0.4, 0.5) is 7.77 Å². The quantitative estimate of drug-likeness (QED) is 0.544. The summed E-state index contributed by atoms with van der Waals surface area (Å²) in [7, 11) is -10.9. The van der Waals surface area contributed by atoms with Crippen LogP contribution < -0.4 is 0 Å². The average Bonchev–Trinajstić information content (AvgIpc) is 1.78. The molecule has 2 unspecified atom stereocenters. The summed E-state index contributed by atoms with van der Waals surface area (Å²) in [5.74, 6) is 0. The lowest BCUT2D eigenvalue weighted by atomic mass is 10.8. The second-order valence-corrected chi connectivity index (χ2v) is 4.50. The zero-order chi connectivity index (χ0) is 11.6. The highest BCUT2D eigenvalue weighted by atomic mass is 35.5. The molecule has 86 valence electrons. The largest absolute Gasteiger partial charge is 0.439 e. The van der Waals surface area contributed by atoms with Crippen LogP contribution in [0.25, 0.3) is 0 Å². The van der Waals surface area contributed by atoms with E-state index in [1.165, 1.54) is 0 Å². The molecular formula is C2H2Cl2F2O6S2. The van der Waals surface area contributed by atoms with Gasteiger partial charge in [-0.25, -0.2) is 8.37 Å². The zero-order valence-corrected chi connectivity index (χ0v) is 9.08. The van der Waals surface area contributed by atoms with Crippen LogP contribution >= 0.6 is 23.2 Å². The van der Waals surface area contributed by atoms with E-state index in [1.54, 1.807) is 0 Å². The van der Waals surface area contributed by atoms with Crippen LogP contribution in [0.15, 0.2) is 0 Å². The molecule has 0 aliphatic heterocycles. The van der Waals surface area contributed by atoms with Gasteiger partial charge in [-0.3, -0.25) is 0 Å². The maximum Gasteiger partial charge on any atom is 0.439 e. The van der Waals surface area contributed by atoms with Crippen molar-refractivity contribution in [2.24, 2.45) is 0 Å². The van der Waals surface area contributed by atoms with Gasteiger partial charge < -0.3 is 0 Å². The first kappa shape index (κ1) is 14.3. The molecule has 0 rings (SSSR count). The third-order valence-electron chi connectivity index (χ3n) is 0.620. The molecule has 0 radical (unpaired) electrons. The van der Waals surface area contributed by atoms with Crippen molar-refractivity contribution in [2.75, 3.05) is 0 Å². The molecule has 6 nitrogen and oxygen atoms in total. The van der Waals surface area contributed by atoms with Gasteiger partial charge in [0.05, 0.1) is 0 Å². The molecule has 2 atom stereocenters. The molecule has 0 amide bonds. The Morgan fingerprint density at radius 1 is 0.857 bits per heavy atom. The summed E-state index contributed by atoms with van der Waals surface area (Å²) in [6.07, 6.45) is 0. The molecule has 0 N–H and O–H groups in total. The van der Waals surface area contributed by atoms with Crippen LogP contribution in [0.5, 0.6) is 0 Å². The van der Waals surface area contributed by atoms with Crippen molar-refractivity contribution in [3.63, 3.8) is 0 Å². The summed E-state index contributed by atoms with van der Waals surface area (Å²) in [6.45, 7) is 0. The summed E-state index contributed by atoms with van der Waals surface area (Å²) in [4.78, 5) is 0.